The van der Waals surface area contributed by atoms with Crippen molar-refractivity contribution in [1.82, 2.24) is 0 Å². The average Bonchev–Trinajstić information content (AvgIpc) is 2.06. The van der Waals surface area contributed by atoms with E-state index in [1.54, 1.807) is 7.11 Å². The molecule has 0 bridgehead atoms. The molecule has 0 radical (unpaired) electrons. The Hall–Kier alpha value is -1.28. The lowest BCUT2D eigenvalue weighted by molar-refractivity contribution is 0.227. The van der Waals surface area contributed by atoms with Gasteiger partial charge in [0, 0.05) is 18.5 Å². The van der Waals surface area contributed by atoms with E-state index in [-0.39, 0.29) is 0 Å². The summed E-state index contributed by atoms with van der Waals surface area (Å²) in [7, 11) is 1.65. The molecule has 0 saturated carbocycles. The number of para-hydroxylation sites is 1. The average molecular weight is 163 g/mol. The molecule has 0 aliphatic heterocycles. The van der Waals surface area contributed by atoms with Crippen LogP contribution in [0.4, 0.5) is 5.69 Å². The molecule has 2 nitrogen and oxygen atoms in total. The Balaban J connectivity index is 2.47. The Kier molecular flexibility index (Phi) is 3.35. The van der Waals surface area contributed by atoms with Gasteiger partial charge in [0.05, 0.1) is 6.61 Å². The molecule has 12 heavy (non-hydrogen) atoms. The van der Waals surface area contributed by atoms with Crippen LogP contribution in [0.2, 0.25) is 0 Å². The molecule has 0 unspecified atom stereocenters. The summed E-state index contributed by atoms with van der Waals surface area (Å²) in [5.41, 5.74) is 1.91. The van der Waals surface area contributed by atoms with Crippen molar-refractivity contribution in [2.24, 2.45) is 0 Å². The van der Waals surface area contributed by atoms with Gasteiger partial charge in [0.15, 0.2) is 0 Å². The lowest BCUT2D eigenvalue weighted by Gasteiger charge is -2.07. The third-order valence-electron chi connectivity index (χ3n) is 1.41. The number of hydrogen-bond donors (Lipinski definition) is 1. The van der Waals surface area contributed by atoms with Crippen molar-refractivity contribution in [3.05, 3.63) is 42.6 Å². The van der Waals surface area contributed by atoms with Crippen molar-refractivity contribution >= 4 is 5.69 Å². The quantitative estimate of drug-likeness (QED) is 0.735. The number of benzene rings is 1. The molecule has 64 valence electrons. The van der Waals surface area contributed by atoms with Crippen LogP contribution in [0.3, 0.4) is 0 Å². The number of methoxy groups -OCH3 is 1. The zero-order chi connectivity index (χ0) is 8.81. The van der Waals surface area contributed by atoms with Gasteiger partial charge in [-0.3, -0.25) is 0 Å². The molecule has 1 rings (SSSR count). The van der Waals surface area contributed by atoms with Gasteiger partial charge in [0.2, 0.25) is 0 Å². The molecule has 0 aromatic heterocycles. The van der Waals surface area contributed by atoms with E-state index in [2.05, 4.69) is 11.9 Å². The Labute approximate surface area is 72.9 Å². The van der Waals surface area contributed by atoms with Gasteiger partial charge in [0.25, 0.3) is 0 Å². The third-order valence-corrected chi connectivity index (χ3v) is 1.41. The summed E-state index contributed by atoms with van der Waals surface area (Å²) in [6, 6.07) is 9.90. The van der Waals surface area contributed by atoms with Crippen LogP contribution in [0.15, 0.2) is 42.6 Å². The van der Waals surface area contributed by atoms with E-state index in [1.807, 2.05) is 30.3 Å². The smallest absolute Gasteiger partial charge is 0.0856 e. The predicted octanol–water partition coefficient (Wildman–Crippen LogP) is 2.26. The second-order valence-electron chi connectivity index (χ2n) is 2.53. The van der Waals surface area contributed by atoms with Gasteiger partial charge >= 0.3 is 0 Å². The van der Waals surface area contributed by atoms with Crippen LogP contribution in [0.1, 0.15) is 0 Å². The van der Waals surface area contributed by atoms with Gasteiger partial charge in [-0.1, -0.05) is 24.8 Å². The highest BCUT2D eigenvalue weighted by atomic mass is 16.5. The topological polar surface area (TPSA) is 21.3 Å². The molecule has 0 heterocycles. The Morgan fingerprint density at radius 1 is 1.42 bits per heavy atom. The summed E-state index contributed by atoms with van der Waals surface area (Å²) in [6.45, 7) is 4.34. The number of hydrogen-bond acceptors (Lipinski definition) is 2. The number of ether oxygens (including phenoxy) is 1. The van der Waals surface area contributed by atoms with Crippen molar-refractivity contribution in [3.8, 4) is 0 Å². The van der Waals surface area contributed by atoms with Crippen molar-refractivity contribution in [1.29, 1.82) is 0 Å². The van der Waals surface area contributed by atoms with Gasteiger partial charge in [-0.25, -0.2) is 0 Å². The maximum atomic E-state index is 4.91. The van der Waals surface area contributed by atoms with Crippen LogP contribution in [0.25, 0.3) is 0 Å². The number of rotatable bonds is 4. The molecule has 0 atom stereocenters. The minimum Gasteiger partial charge on any atom is -0.379 e. The van der Waals surface area contributed by atoms with Crippen LogP contribution in [-0.4, -0.2) is 13.7 Å². The summed E-state index contributed by atoms with van der Waals surface area (Å²) in [4.78, 5) is 0. The minimum atomic E-state index is 0.537. The standard InChI is InChI=1S/C10H13NO/c1-9(8-12-2)11-10-6-4-3-5-7-10/h3-7,11H,1,8H2,2H3. The highest BCUT2D eigenvalue weighted by Crippen LogP contribution is 2.07. The first-order valence-corrected chi connectivity index (χ1v) is 3.81. The molecule has 1 aromatic rings. The van der Waals surface area contributed by atoms with Crippen molar-refractivity contribution in [3.63, 3.8) is 0 Å². The van der Waals surface area contributed by atoms with Crippen LogP contribution in [0, 0.1) is 0 Å². The van der Waals surface area contributed by atoms with Crippen LogP contribution < -0.4 is 5.32 Å². The molecule has 0 amide bonds. The van der Waals surface area contributed by atoms with Gasteiger partial charge < -0.3 is 10.1 Å². The normalized spacial score (nSPS) is 9.42. The minimum absolute atomic E-state index is 0.537. The molecule has 1 aromatic carbocycles. The second-order valence-corrected chi connectivity index (χ2v) is 2.53. The summed E-state index contributed by atoms with van der Waals surface area (Å²) >= 11 is 0. The van der Waals surface area contributed by atoms with E-state index in [0.29, 0.717) is 6.61 Å². The molecular formula is C10H13NO. The second kappa shape index (κ2) is 4.57. The van der Waals surface area contributed by atoms with E-state index in [4.69, 9.17) is 4.74 Å². The maximum absolute atomic E-state index is 4.91. The summed E-state index contributed by atoms with van der Waals surface area (Å²) in [6.07, 6.45) is 0. The van der Waals surface area contributed by atoms with E-state index in [9.17, 15) is 0 Å². The van der Waals surface area contributed by atoms with Gasteiger partial charge in [-0.2, -0.15) is 0 Å². The Morgan fingerprint density at radius 2 is 2.08 bits per heavy atom. The fourth-order valence-corrected chi connectivity index (χ4v) is 0.936. The maximum Gasteiger partial charge on any atom is 0.0856 e. The highest BCUT2D eigenvalue weighted by Gasteiger charge is 1.92. The largest absolute Gasteiger partial charge is 0.379 e. The first kappa shape index (κ1) is 8.81. The predicted molar refractivity (Wildman–Crippen MR) is 51.1 cm³/mol. The fourth-order valence-electron chi connectivity index (χ4n) is 0.936. The Bertz CT molecular complexity index is 243. The highest BCUT2D eigenvalue weighted by molar-refractivity contribution is 5.47. The van der Waals surface area contributed by atoms with Crippen LogP contribution in [0.5, 0.6) is 0 Å². The molecule has 0 saturated heterocycles. The van der Waals surface area contributed by atoms with E-state index >= 15 is 0 Å². The van der Waals surface area contributed by atoms with Gasteiger partial charge in [-0.05, 0) is 12.1 Å². The zero-order valence-corrected chi connectivity index (χ0v) is 7.21. The van der Waals surface area contributed by atoms with E-state index in [0.717, 1.165) is 11.4 Å². The fraction of sp³-hybridized carbons (Fsp3) is 0.200. The monoisotopic (exact) mass is 163 g/mol. The van der Waals surface area contributed by atoms with Crippen molar-refractivity contribution < 1.29 is 4.74 Å². The number of anilines is 1. The molecule has 0 aliphatic rings. The molecule has 0 aliphatic carbocycles. The van der Waals surface area contributed by atoms with Crippen molar-refractivity contribution in [2.75, 3.05) is 19.0 Å². The van der Waals surface area contributed by atoms with Crippen LogP contribution >= 0.6 is 0 Å². The third kappa shape index (κ3) is 2.76. The van der Waals surface area contributed by atoms with Crippen LogP contribution in [-0.2, 0) is 4.74 Å². The molecule has 0 fully saturated rings. The van der Waals surface area contributed by atoms with Gasteiger partial charge in [0.1, 0.15) is 0 Å². The molecule has 2 heteroatoms. The lowest BCUT2D eigenvalue weighted by atomic mass is 10.3. The first-order chi connectivity index (χ1) is 5.83. The molecular weight excluding hydrogens is 150 g/mol. The summed E-state index contributed by atoms with van der Waals surface area (Å²) < 4.78 is 4.91. The molecule has 0 spiro atoms. The SMILES string of the molecule is C=C(COC)Nc1ccccc1. The first-order valence-electron chi connectivity index (χ1n) is 3.81. The zero-order valence-electron chi connectivity index (χ0n) is 7.21. The van der Waals surface area contributed by atoms with E-state index < -0.39 is 0 Å². The summed E-state index contributed by atoms with van der Waals surface area (Å²) in [5.74, 6) is 0. The van der Waals surface area contributed by atoms with Crippen molar-refractivity contribution in [2.45, 2.75) is 0 Å². The number of nitrogens with one attached hydrogen (secondary N) is 1. The summed E-state index contributed by atoms with van der Waals surface area (Å²) in [5, 5.41) is 3.12. The molecule has 1 N–H and O–H groups in total. The van der Waals surface area contributed by atoms with E-state index in [1.165, 1.54) is 0 Å². The lowest BCUT2D eigenvalue weighted by Crippen LogP contribution is -2.03. The van der Waals surface area contributed by atoms with Gasteiger partial charge in [-0.15, -0.1) is 0 Å². The Morgan fingerprint density at radius 3 is 2.67 bits per heavy atom.